The number of hydrogen-bond acceptors (Lipinski definition) is 4. The van der Waals surface area contributed by atoms with E-state index in [0.717, 1.165) is 16.9 Å². The number of carbonyl (C=O) groups excluding carboxylic acids is 2. The molecule has 2 amide bonds. The molecule has 0 unspecified atom stereocenters. The van der Waals surface area contributed by atoms with E-state index >= 15 is 0 Å². The third-order valence-electron chi connectivity index (χ3n) is 4.17. The molecule has 3 aromatic rings. The summed E-state index contributed by atoms with van der Waals surface area (Å²) in [6.07, 6.45) is 6.46. The number of para-hydroxylation sites is 1. The molecule has 0 radical (unpaired) electrons. The SMILES string of the molecule is COc1ccc(/C=C/C(=O)Nc2ccccc2C(=O)NCc2ccncc2)cc1. The van der Waals surface area contributed by atoms with E-state index < -0.39 is 0 Å². The second kappa shape index (κ2) is 9.85. The van der Waals surface area contributed by atoms with Gasteiger partial charge >= 0.3 is 0 Å². The summed E-state index contributed by atoms with van der Waals surface area (Å²) in [7, 11) is 1.60. The first kappa shape index (κ1) is 19.8. The van der Waals surface area contributed by atoms with Crippen molar-refractivity contribution in [3.8, 4) is 5.75 Å². The number of methoxy groups -OCH3 is 1. The van der Waals surface area contributed by atoms with Gasteiger partial charge in [-0.3, -0.25) is 14.6 Å². The maximum atomic E-state index is 12.6. The smallest absolute Gasteiger partial charge is 0.253 e. The summed E-state index contributed by atoms with van der Waals surface area (Å²) in [4.78, 5) is 28.8. The lowest BCUT2D eigenvalue weighted by Crippen LogP contribution is -2.24. The van der Waals surface area contributed by atoms with Crippen LogP contribution in [0.25, 0.3) is 6.08 Å². The minimum atomic E-state index is -0.324. The Hall–Kier alpha value is -3.93. The summed E-state index contributed by atoms with van der Waals surface area (Å²) in [5.74, 6) is 0.158. The molecule has 0 bridgehead atoms. The molecule has 0 saturated carbocycles. The summed E-state index contributed by atoms with van der Waals surface area (Å²) < 4.78 is 5.11. The van der Waals surface area contributed by atoms with Gasteiger partial charge < -0.3 is 15.4 Å². The zero-order chi connectivity index (χ0) is 20.5. The second-order valence-corrected chi connectivity index (χ2v) is 6.18. The van der Waals surface area contributed by atoms with Crippen LogP contribution in [-0.2, 0) is 11.3 Å². The number of hydrogen-bond donors (Lipinski definition) is 2. The molecule has 6 heteroatoms. The van der Waals surface area contributed by atoms with Crippen LogP contribution in [0.15, 0.2) is 79.1 Å². The van der Waals surface area contributed by atoms with Crippen molar-refractivity contribution in [3.05, 3.63) is 95.8 Å². The lowest BCUT2D eigenvalue weighted by molar-refractivity contribution is -0.111. The first-order valence-corrected chi connectivity index (χ1v) is 9.05. The van der Waals surface area contributed by atoms with Crippen molar-refractivity contribution in [3.63, 3.8) is 0 Å². The van der Waals surface area contributed by atoms with Gasteiger partial charge in [0.1, 0.15) is 5.75 Å². The van der Waals surface area contributed by atoms with Crippen LogP contribution >= 0.6 is 0 Å². The van der Waals surface area contributed by atoms with Crippen LogP contribution in [0.4, 0.5) is 5.69 Å². The van der Waals surface area contributed by atoms with Crippen LogP contribution in [-0.4, -0.2) is 23.9 Å². The molecule has 1 aromatic heterocycles. The van der Waals surface area contributed by atoms with Gasteiger partial charge in [-0.15, -0.1) is 0 Å². The molecule has 0 saturated heterocycles. The molecule has 0 aliphatic carbocycles. The fraction of sp³-hybridized carbons (Fsp3) is 0.0870. The van der Waals surface area contributed by atoms with E-state index in [4.69, 9.17) is 4.74 Å². The van der Waals surface area contributed by atoms with E-state index in [2.05, 4.69) is 15.6 Å². The Morgan fingerprint density at radius 2 is 1.72 bits per heavy atom. The standard InChI is InChI=1S/C23H21N3O3/c1-29-19-9-6-17(7-10-19)8-11-22(27)26-21-5-3-2-4-20(21)23(28)25-16-18-12-14-24-15-13-18/h2-15H,16H2,1H3,(H,25,28)(H,26,27)/b11-8+. The number of nitrogens with one attached hydrogen (secondary N) is 2. The van der Waals surface area contributed by atoms with Crippen molar-refractivity contribution in [2.24, 2.45) is 0 Å². The van der Waals surface area contributed by atoms with Gasteiger partial charge in [-0.1, -0.05) is 24.3 Å². The Morgan fingerprint density at radius 3 is 2.45 bits per heavy atom. The van der Waals surface area contributed by atoms with Crippen molar-refractivity contribution in [1.82, 2.24) is 10.3 Å². The molecule has 0 aliphatic heterocycles. The average Bonchev–Trinajstić information content (AvgIpc) is 2.77. The third kappa shape index (κ3) is 5.77. The highest BCUT2D eigenvalue weighted by atomic mass is 16.5. The van der Waals surface area contributed by atoms with Gasteiger partial charge in [0.2, 0.25) is 5.91 Å². The number of pyridine rings is 1. The summed E-state index contributed by atoms with van der Waals surface area (Å²) >= 11 is 0. The molecular weight excluding hydrogens is 366 g/mol. The second-order valence-electron chi connectivity index (χ2n) is 6.18. The van der Waals surface area contributed by atoms with Gasteiger partial charge in [-0.05, 0) is 53.6 Å². The normalized spacial score (nSPS) is 10.5. The van der Waals surface area contributed by atoms with E-state index in [0.29, 0.717) is 17.8 Å². The van der Waals surface area contributed by atoms with Crippen molar-refractivity contribution in [1.29, 1.82) is 0 Å². The van der Waals surface area contributed by atoms with Gasteiger partial charge in [0.15, 0.2) is 0 Å². The number of benzene rings is 2. The Labute approximate surface area is 169 Å². The molecule has 3 rings (SSSR count). The van der Waals surface area contributed by atoms with Crippen molar-refractivity contribution in [2.75, 3.05) is 12.4 Å². The summed E-state index contributed by atoms with van der Waals surface area (Å²) in [5.41, 5.74) is 2.65. The van der Waals surface area contributed by atoms with Crippen LogP contribution in [0.5, 0.6) is 5.75 Å². The highest BCUT2D eigenvalue weighted by molar-refractivity contribution is 6.07. The van der Waals surface area contributed by atoms with E-state index in [-0.39, 0.29) is 11.8 Å². The minimum Gasteiger partial charge on any atom is -0.497 e. The molecule has 0 aliphatic rings. The van der Waals surface area contributed by atoms with E-state index in [1.807, 2.05) is 36.4 Å². The van der Waals surface area contributed by atoms with Gasteiger partial charge in [-0.2, -0.15) is 0 Å². The van der Waals surface area contributed by atoms with Crippen LogP contribution in [0.3, 0.4) is 0 Å². The number of anilines is 1. The van der Waals surface area contributed by atoms with Crippen LogP contribution < -0.4 is 15.4 Å². The van der Waals surface area contributed by atoms with E-state index in [1.165, 1.54) is 6.08 Å². The molecule has 1 heterocycles. The molecule has 2 aromatic carbocycles. The van der Waals surface area contributed by atoms with Crippen LogP contribution in [0, 0.1) is 0 Å². The molecule has 0 fully saturated rings. The first-order valence-electron chi connectivity index (χ1n) is 9.05. The van der Waals surface area contributed by atoms with Gasteiger partial charge in [0.05, 0.1) is 18.4 Å². The maximum Gasteiger partial charge on any atom is 0.253 e. The largest absolute Gasteiger partial charge is 0.497 e. The van der Waals surface area contributed by atoms with Crippen LogP contribution in [0.2, 0.25) is 0 Å². The molecule has 29 heavy (non-hydrogen) atoms. The number of rotatable bonds is 7. The Balaban J connectivity index is 1.63. The summed E-state index contributed by atoms with van der Waals surface area (Å²) in [6, 6.07) is 17.9. The zero-order valence-corrected chi connectivity index (χ0v) is 16.0. The maximum absolute atomic E-state index is 12.6. The van der Waals surface area contributed by atoms with Crippen LogP contribution in [0.1, 0.15) is 21.5 Å². The van der Waals surface area contributed by atoms with E-state index in [1.54, 1.807) is 49.8 Å². The first-order chi connectivity index (χ1) is 14.2. The molecule has 0 atom stereocenters. The summed E-state index contributed by atoms with van der Waals surface area (Å²) in [5, 5.41) is 5.61. The highest BCUT2D eigenvalue weighted by Gasteiger charge is 2.12. The van der Waals surface area contributed by atoms with Crippen molar-refractivity contribution >= 4 is 23.6 Å². The fourth-order valence-corrected chi connectivity index (χ4v) is 2.63. The highest BCUT2D eigenvalue weighted by Crippen LogP contribution is 2.16. The van der Waals surface area contributed by atoms with Gasteiger partial charge in [0.25, 0.3) is 5.91 Å². The molecule has 0 spiro atoms. The number of amides is 2. The van der Waals surface area contributed by atoms with Gasteiger partial charge in [0, 0.05) is 25.0 Å². The van der Waals surface area contributed by atoms with Crippen molar-refractivity contribution in [2.45, 2.75) is 6.54 Å². The topological polar surface area (TPSA) is 80.3 Å². The zero-order valence-electron chi connectivity index (χ0n) is 16.0. The Morgan fingerprint density at radius 1 is 1.00 bits per heavy atom. The lowest BCUT2D eigenvalue weighted by atomic mass is 10.1. The Kier molecular flexibility index (Phi) is 6.73. The quantitative estimate of drug-likeness (QED) is 0.606. The summed E-state index contributed by atoms with van der Waals surface area (Å²) in [6.45, 7) is 0.376. The number of nitrogens with zero attached hydrogens (tertiary/aromatic N) is 1. The molecular formula is C23H21N3O3. The third-order valence-corrected chi connectivity index (χ3v) is 4.17. The lowest BCUT2D eigenvalue weighted by Gasteiger charge is -2.10. The average molecular weight is 387 g/mol. The minimum absolute atomic E-state index is 0.267. The van der Waals surface area contributed by atoms with Gasteiger partial charge in [-0.25, -0.2) is 0 Å². The monoisotopic (exact) mass is 387 g/mol. The molecule has 6 nitrogen and oxygen atoms in total. The predicted molar refractivity (Wildman–Crippen MR) is 113 cm³/mol. The fourth-order valence-electron chi connectivity index (χ4n) is 2.63. The Bertz CT molecular complexity index is 999. The van der Waals surface area contributed by atoms with E-state index in [9.17, 15) is 9.59 Å². The predicted octanol–water partition coefficient (Wildman–Crippen LogP) is 3.67. The number of carbonyl (C=O) groups is 2. The van der Waals surface area contributed by atoms with Crippen molar-refractivity contribution < 1.29 is 14.3 Å². The number of aromatic nitrogens is 1. The number of ether oxygens (including phenoxy) is 1. The molecule has 146 valence electrons. The molecule has 2 N–H and O–H groups in total.